The summed E-state index contributed by atoms with van der Waals surface area (Å²) in [6, 6.07) is 4.67. The molecule has 10 heteroatoms. The van der Waals surface area contributed by atoms with Crippen LogP contribution in [0.25, 0.3) is 0 Å². The van der Waals surface area contributed by atoms with Crippen LogP contribution >= 0.6 is 12.2 Å². The molecule has 0 spiro atoms. The molecule has 0 aliphatic carbocycles. The number of rotatable bonds is 7. The summed E-state index contributed by atoms with van der Waals surface area (Å²) in [5, 5.41) is 3.05. The molecule has 1 N–H and O–H groups in total. The summed E-state index contributed by atoms with van der Waals surface area (Å²) < 4.78 is 20.2. The van der Waals surface area contributed by atoms with Gasteiger partial charge in [-0.15, -0.1) is 0 Å². The summed E-state index contributed by atoms with van der Waals surface area (Å²) in [5.41, 5.74) is 0.851. The lowest BCUT2D eigenvalue weighted by Crippen LogP contribution is -2.49. The molecule has 1 aromatic carbocycles. The van der Waals surface area contributed by atoms with Gasteiger partial charge in [0.2, 0.25) is 5.91 Å². The predicted octanol–water partition coefficient (Wildman–Crippen LogP) is 2.11. The average molecular weight is 451 g/mol. The number of Topliss-reactive ketones (excluding diaryl/α,β-unsaturated/α-hetero) is 1. The lowest BCUT2D eigenvalue weighted by atomic mass is 10.2. The first-order valence-corrected chi connectivity index (χ1v) is 10.8. The van der Waals surface area contributed by atoms with Crippen LogP contribution in [0.2, 0.25) is 0 Å². The first-order valence-electron chi connectivity index (χ1n) is 10.3. The van der Waals surface area contributed by atoms with Crippen molar-refractivity contribution in [1.82, 2.24) is 10.2 Å². The zero-order valence-corrected chi connectivity index (χ0v) is 18.5. The number of carbonyl (C=O) groups is 3. The zero-order valence-electron chi connectivity index (χ0n) is 17.7. The van der Waals surface area contributed by atoms with Gasteiger partial charge >= 0.3 is 6.09 Å². The minimum atomic E-state index is -0.515. The molecule has 1 atom stereocenters. The SMILES string of the molecule is CCC(=S)NCC1CN(c2ccc(N3CCN(C(=O)CC(C)=O)CC3)c(F)c2)C(=O)O1. The van der Waals surface area contributed by atoms with E-state index in [1.54, 1.807) is 17.0 Å². The first kappa shape index (κ1) is 22.9. The Balaban J connectivity index is 1.59. The fraction of sp³-hybridized carbons (Fsp3) is 0.524. The van der Waals surface area contributed by atoms with E-state index in [9.17, 15) is 18.8 Å². The standard InChI is InChI=1S/C21H27FN4O4S/c1-3-19(31)23-12-16-13-26(21(29)30-16)15-4-5-18(17(22)11-15)24-6-8-25(9-7-24)20(28)10-14(2)27/h4-5,11,16H,3,6-10,12-13H2,1-2H3,(H,23,31). The van der Waals surface area contributed by atoms with Crippen molar-refractivity contribution in [1.29, 1.82) is 0 Å². The minimum absolute atomic E-state index is 0.101. The number of hydrogen-bond donors (Lipinski definition) is 1. The zero-order chi connectivity index (χ0) is 22.5. The molecule has 2 amide bonds. The number of thiocarbonyl (C=S) groups is 1. The molecule has 2 aliphatic rings. The number of piperazine rings is 1. The molecule has 2 fully saturated rings. The van der Waals surface area contributed by atoms with Crippen molar-refractivity contribution in [3.05, 3.63) is 24.0 Å². The van der Waals surface area contributed by atoms with Crippen molar-refractivity contribution in [2.45, 2.75) is 32.8 Å². The Bertz CT molecular complexity index is 873. The number of anilines is 2. The first-order chi connectivity index (χ1) is 14.8. The number of nitrogens with zero attached hydrogens (tertiary/aromatic N) is 3. The number of cyclic esters (lactones) is 1. The van der Waals surface area contributed by atoms with Crippen LogP contribution in [0.1, 0.15) is 26.7 Å². The number of benzene rings is 1. The molecule has 2 aliphatic heterocycles. The number of nitrogens with one attached hydrogen (secondary N) is 1. The van der Waals surface area contributed by atoms with E-state index < -0.39 is 11.9 Å². The van der Waals surface area contributed by atoms with Crippen LogP contribution in [0.5, 0.6) is 0 Å². The third-order valence-corrected chi connectivity index (χ3v) is 5.77. The Labute approximate surface area is 186 Å². The topological polar surface area (TPSA) is 82.2 Å². The smallest absolute Gasteiger partial charge is 0.414 e. The second-order valence-electron chi connectivity index (χ2n) is 7.66. The highest BCUT2D eigenvalue weighted by molar-refractivity contribution is 7.80. The van der Waals surface area contributed by atoms with Crippen LogP contribution < -0.4 is 15.1 Å². The second-order valence-corrected chi connectivity index (χ2v) is 8.15. The van der Waals surface area contributed by atoms with E-state index in [-0.39, 0.29) is 24.2 Å². The Morgan fingerprint density at radius 3 is 2.58 bits per heavy atom. The average Bonchev–Trinajstić information content (AvgIpc) is 3.12. The summed E-state index contributed by atoms with van der Waals surface area (Å²) in [6.07, 6.45) is -0.263. The summed E-state index contributed by atoms with van der Waals surface area (Å²) in [4.78, 5) is 41.0. The van der Waals surface area contributed by atoms with E-state index in [0.717, 1.165) is 0 Å². The molecule has 168 valence electrons. The van der Waals surface area contributed by atoms with Crippen LogP contribution in [0.4, 0.5) is 20.6 Å². The largest absolute Gasteiger partial charge is 0.442 e. The summed E-state index contributed by atoms with van der Waals surface area (Å²) in [5.74, 6) is -0.803. The van der Waals surface area contributed by atoms with Gasteiger partial charge in [-0.25, -0.2) is 9.18 Å². The summed E-state index contributed by atoms with van der Waals surface area (Å²) >= 11 is 5.12. The molecular formula is C21H27FN4O4S. The molecule has 1 aromatic rings. The number of amides is 2. The Kier molecular flexibility index (Phi) is 7.42. The van der Waals surface area contributed by atoms with E-state index in [2.05, 4.69) is 5.32 Å². The van der Waals surface area contributed by atoms with Crippen LogP contribution in [0, 0.1) is 5.82 Å². The highest BCUT2D eigenvalue weighted by atomic mass is 32.1. The van der Waals surface area contributed by atoms with Crippen molar-refractivity contribution >= 4 is 46.4 Å². The second kappa shape index (κ2) is 10.0. The highest BCUT2D eigenvalue weighted by Crippen LogP contribution is 2.28. The molecule has 0 aromatic heterocycles. The maximum Gasteiger partial charge on any atom is 0.414 e. The van der Waals surface area contributed by atoms with Gasteiger partial charge in [-0.1, -0.05) is 19.1 Å². The van der Waals surface area contributed by atoms with Crippen molar-refractivity contribution < 1.29 is 23.5 Å². The van der Waals surface area contributed by atoms with Gasteiger partial charge in [0.15, 0.2) is 0 Å². The highest BCUT2D eigenvalue weighted by Gasteiger charge is 2.33. The Morgan fingerprint density at radius 1 is 1.26 bits per heavy atom. The van der Waals surface area contributed by atoms with E-state index >= 15 is 0 Å². The number of ketones is 1. The summed E-state index contributed by atoms with van der Waals surface area (Å²) in [6.45, 7) is 5.86. The molecule has 1 unspecified atom stereocenters. The third-order valence-electron chi connectivity index (χ3n) is 5.34. The molecule has 8 nitrogen and oxygen atoms in total. The van der Waals surface area contributed by atoms with Crippen LogP contribution in [-0.4, -0.2) is 73.0 Å². The Morgan fingerprint density at radius 2 is 1.97 bits per heavy atom. The normalized spacial score (nSPS) is 18.7. The van der Waals surface area contributed by atoms with Gasteiger partial charge < -0.3 is 19.9 Å². The van der Waals surface area contributed by atoms with Gasteiger partial charge in [-0.05, 0) is 31.5 Å². The molecule has 2 saturated heterocycles. The van der Waals surface area contributed by atoms with E-state index in [0.29, 0.717) is 62.1 Å². The van der Waals surface area contributed by atoms with Crippen LogP contribution in [0.15, 0.2) is 18.2 Å². The van der Waals surface area contributed by atoms with Crippen molar-refractivity contribution in [2.75, 3.05) is 49.1 Å². The maximum absolute atomic E-state index is 14.9. The monoisotopic (exact) mass is 450 g/mol. The predicted molar refractivity (Wildman–Crippen MR) is 119 cm³/mol. The molecule has 2 heterocycles. The molecule has 3 rings (SSSR count). The van der Waals surface area contributed by atoms with Crippen molar-refractivity contribution in [2.24, 2.45) is 0 Å². The molecule has 0 bridgehead atoms. The lowest BCUT2D eigenvalue weighted by Gasteiger charge is -2.36. The Hall–Kier alpha value is -2.75. The quantitative estimate of drug-likeness (QED) is 0.503. The third kappa shape index (κ3) is 5.69. The van der Waals surface area contributed by atoms with Crippen molar-refractivity contribution in [3.8, 4) is 0 Å². The summed E-state index contributed by atoms with van der Waals surface area (Å²) in [7, 11) is 0. The van der Waals surface area contributed by atoms with Gasteiger partial charge in [0.25, 0.3) is 0 Å². The van der Waals surface area contributed by atoms with Crippen LogP contribution in [0.3, 0.4) is 0 Å². The molecule has 31 heavy (non-hydrogen) atoms. The van der Waals surface area contributed by atoms with E-state index in [1.807, 2.05) is 11.8 Å². The van der Waals surface area contributed by atoms with Gasteiger partial charge in [0, 0.05) is 26.2 Å². The van der Waals surface area contributed by atoms with E-state index in [1.165, 1.54) is 17.9 Å². The molecule has 0 saturated carbocycles. The fourth-order valence-corrected chi connectivity index (χ4v) is 3.72. The molecule has 0 radical (unpaired) electrons. The molecular weight excluding hydrogens is 423 g/mol. The van der Waals surface area contributed by atoms with E-state index in [4.69, 9.17) is 17.0 Å². The number of hydrogen-bond acceptors (Lipinski definition) is 6. The lowest BCUT2D eigenvalue weighted by molar-refractivity contribution is -0.135. The van der Waals surface area contributed by atoms with Gasteiger partial charge in [0.1, 0.15) is 17.7 Å². The fourth-order valence-electron chi connectivity index (χ4n) is 3.63. The van der Waals surface area contributed by atoms with Gasteiger partial charge in [-0.3, -0.25) is 14.5 Å². The van der Waals surface area contributed by atoms with Crippen molar-refractivity contribution in [3.63, 3.8) is 0 Å². The number of carbonyl (C=O) groups excluding carboxylic acids is 3. The van der Waals surface area contributed by atoms with Crippen LogP contribution in [-0.2, 0) is 14.3 Å². The maximum atomic E-state index is 14.9. The van der Waals surface area contributed by atoms with Gasteiger partial charge in [0.05, 0.1) is 35.9 Å². The minimum Gasteiger partial charge on any atom is -0.442 e. The van der Waals surface area contributed by atoms with Gasteiger partial charge in [-0.2, -0.15) is 0 Å². The number of halogens is 1. The number of ether oxygens (including phenoxy) is 1.